The molecular formula is C11H15NO2. The summed E-state index contributed by atoms with van der Waals surface area (Å²) in [5.74, 6) is 0.312. The Morgan fingerprint density at radius 2 is 2.00 bits per heavy atom. The lowest BCUT2D eigenvalue weighted by molar-refractivity contribution is 0.259. The first kappa shape index (κ1) is 9.34. The molecule has 0 bridgehead atoms. The zero-order chi connectivity index (χ0) is 10.1. The third-order valence-corrected chi connectivity index (χ3v) is 3.06. The van der Waals surface area contributed by atoms with Gasteiger partial charge in [-0.25, -0.2) is 0 Å². The Morgan fingerprint density at radius 1 is 1.29 bits per heavy atom. The Labute approximate surface area is 83.2 Å². The second-order valence-corrected chi connectivity index (χ2v) is 3.93. The average Bonchev–Trinajstić information content (AvgIpc) is 2.06. The summed E-state index contributed by atoms with van der Waals surface area (Å²) in [6, 6.07) is 4.81. The molecule has 1 aliphatic carbocycles. The summed E-state index contributed by atoms with van der Waals surface area (Å²) >= 11 is 0. The van der Waals surface area contributed by atoms with Crippen LogP contribution in [0.1, 0.15) is 30.9 Å². The van der Waals surface area contributed by atoms with E-state index in [9.17, 15) is 10.2 Å². The molecule has 1 saturated carbocycles. The summed E-state index contributed by atoms with van der Waals surface area (Å²) in [5.41, 5.74) is 6.66. The van der Waals surface area contributed by atoms with Gasteiger partial charge in [0.2, 0.25) is 0 Å². The monoisotopic (exact) mass is 193 g/mol. The van der Waals surface area contributed by atoms with Gasteiger partial charge in [-0.1, -0.05) is 18.6 Å². The molecular weight excluding hydrogens is 178 g/mol. The van der Waals surface area contributed by atoms with Crippen molar-refractivity contribution in [2.24, 2.45) is 11.7 Å². The van der Waals surface area contributed by atoms with E-state index < -0.39 is 0 Å². The van der Waals surface area contributed by atoms with Crippen LogP contribution in [0.5, 0.6) is 11.5 Å². The SMILES string of the molecule is N[C@@H](c1cccc(O)c1O)C1CCC1. The first-order valence-electron chi connectivity index (χ1n) is 4.96. The Hall–Kier alpha value is -1.22. The molecule has 4 N–H and O–H groups in total. The van der Waals surface area contributed by atoms with E-state index in [0.717, 1.165) is 12.8 Å². The standard InChI is InChI=1S/C11H15NO2/c12-10(7-3-1-4-7)8-5-2-6-9(13)11(8)14/h2,5-7,10,13-14H,1,3-4,12H2/t10-/m1/s1. The second kappa shape index (κ2) is 3.50. The summed E-state index contributed by atoms with van der Waals surface area (Å²) in [6.45, 7) is 0. The molecule has 0 aromatic heterocycles. The van der Waals surface area contributed by atoms with E-state index in [1.165, 1.54) is 12.5 Å². The van der Waals surface area contributed by atoms with Crippen molar-refractivity contribution in [2.75, 3.05) is 0 Å². The molecule has 0 aliphatic heterocycles. The molecule has 0 amide bonds. The maximum absolute atomic E-state index is 9.61. The van der Waals surface area contributed by atoms with Crippen LogP contribution in [-0.4, -0.2) is 10.2 Å². The summed E-state index contributed by atoms with van der Waals surface area (Å²) in [7, 11) is 0. The average molecular weight is 193 g/mol. The van der Waals surface area contributed by atoms with Gasteiger partial charge in [0.25, 0.3) is 0 Å². The second-order valence-electron chi connectivity index (χ2n) is 3.93. The van der Waals surface area contributed by atoms with Gasteiger partial charge in [0, 0.05) is 11.6 Å². The van der Waals surface area contributed by atoms with Crippen molar-refractivity contribution >= 4 is 0 Å². The Balaban J connectivity index is 2.26. The minimum absolute atomic E-state index is 0.0631. The summed E-state index contributed by atoms with van der Waals surface area (Å²) in [4.78, 5) is 0. The third-order valence-electron chi connectivity index (χ3n) is 3.06. The lowest BCUT2D eigenvalue weighted by Gasteiger charge is -2.31. The van der Waals surface area contributed by atoms with Gasteiger partial charge in [-0.05, 0) is 24.8 Å². The van der Waals surface area contributed by atoms with Gasteiger partial charge in [-0.15, -0.1) is 0 Å². The number of rotatable bonds is 2. The van der Waals surface area contributed by atoms with Crippen molar-refractivity contribution in [3.8, 4) is 11.5 Å². The highest BCUT2D eigenvalue weighted by molar-refractivity contribution is 5.46. The van der Waals surface area contributed by atoms with Crippen molar-refractivity contribution < 1.29 is 10.2 Å². The van der Waals surface area contributed by atoms with Crippen LogP contribution >= 0.6 is 0 Å². The smallest absolute Gasteiger partial charge is 0.162 e. The van der Waals surface area contributed by atoms with Crippen molar-refractivity contribution in [3.05, 3.63) is 23.8 Å². The number of aromatic hydroxyl groups is 2. The predicted octanol–water partition coefficient (Wildman–Crippen LogP) is 1.90. The molecule has 1 aromatic rings. The molecule has 1 aromatic carbocycles. The summed E-state index contributed by atoms with van der Waals surface area (Å²) in [6.07, 6.45) is 3.46. The van der Waals surface area contributed by atoms with Crippen LogP contribution in [0.2, 0.25) is 0 Å². The van der Waals surface area contributed by atoms with Crippen LogP contribution < -0.4 is 5.73 Å². The summed E-state index contributed by atoms with van der Waals surface area (Å²) in [5, 5.41) is 18.9. The lowest BCUT2D eigenvalue weighted by atomic mass is 9.77. The zero-order valence-electron chi connectivity index (χ0n) is 7.98. The molecule has 14 heavy (non-hydrogen) atoms. The highest BCUT2D eigenvalue weighted by Gasteiger charge is 2.27. The maximum atomic E-state index is 9.61. The predicted molar refractivity (Wildman–Crippen MR) is 54.0 cm³/mol. The highest BCUT2D eigenvalue weighted by Crippen LogP contribution is 2.41. The van der Waals surface area contributed by atoms with E-state index in [0.29, 0.717) is 11.5 Å². The van der Waals surface area contributed by atoms with Crippen molar-refractivity contribution in [1.82, 2.24) is 0 Å². The Kier molecular flexibility index (Phi) is 2.33. The topological polar surface area (TPSA) is 66.5 Å². The van der Waals surface area contributed by atoms with Gasteiger partial charge in [0.1, 0.15) is 0 Å². The van der Waals surface area contributed by atoms with Gasteiger partial charge < -0.3 is 15.9 Å². The van der Waals surface area contributed by atoms with E-state index in [4.69, 9.17) is 5.73 Å². The largest absolute Gasteiger partial charge is 0.504 e. The van der Waals surface area contributed by atoms with Crippen LogP contribution in [0.4, 0.5) is 0 Å². The van der Waals surface area contributed by atoms with Gasteiger partial charge in [0.15, 0.2) is 11.5 Å². The van der Waals surface area contributed by atoms with Crippen LogP contribution in [0.3, 0.4) is 0 Å². The van der Waals surface area contributed by atoms with Crippen molar-refractivity contribution in [2.45, 2.75) is 25.3 Å². The van der Waals surface area contributed by atoms with Gasteiger partial charge >= 0.3 is 0 Å². The number of phenols is 2. The minimum Gasteiger partial charge on any atom is -0.504 e. The first-order chi connectivity index (χ1) is 6.70. The molecule has 76 valence electrons. The molecule has 0 unspecified atom stereocenters. The molecule has 3 nitrogen and oxygen atoms in total. The normalized spacial score (nSPS) is 18.9. The van der Waals surface area contributed by atoms with Gasteiger partial charge in [-0.2, -0.15) is 0 Å². The van der Waals surface area contributed by atoms with E-state index in [-0.39, 0.29) is 17.5 Å². The highest BCUT2D eigenvalue weighted by atomic mass is 16.3. The van der Waals surface area contributed by atoms with Crippen LogP contribution in [0.15, 0.2) is 18.2 Å². The number of benzene rings is 1. The number of hydrogen-bond donors (Lipinski definition) is 3. The Bertz CT molecular complexity index is 334. The van der Waals surface area contributed by atoms with Crippen LogP contribution in [0.25, 0.3) is 0 Å². The maximum Gasteiger partial charge on any atom is 0.162 e. The number of para-hydroxylation sites is 1. The van der Waals surface area contributed by atoms with Crippen molar-refractivity contribution in [3.63, 3.8) is 0 Å². The van der Waals surface area contributed by atoms with Gasteiger partial charge in [-0.3, -0.25) is 0 Å². The van der Waals surface area contributed by atoms with E-state index in [2.05, 4.69) is 0 Å². The summed E-state index contributed by atoms with van der Waals surface area (Å²) < 4.78 is 0. The van der Waals surface area contributed by atoms with E-state index in [1.807, 2.05) is 0 Å². The number of phenolic OH excluding ortho intramolecular Hbond substituents is 2. The fourth-order valence-corrected chi connectivity index (χ4v) is 1.87. The van der Waals surface area contributed by atoms with E-state index >= 15 is 0 Å². The molecule has 0 radical (unpaired) electrons. The minimum atomic E-state index is -0.143. The molecule has 2 rings (SSSR count). The first-order valence-corrected chi connectivity index (χ1v) is 4.96. The van der Waals surface area contributed by atoms with Crippen LogP contribution in [0, 0.1) is 5.92 Å². The molecule has 3 heteroatoms. The molecule has 1 atom stereocenters. The molecule has 0 spiro atoms. The fourth-order valence-electron chi connectivity index (χ4n) is 1.87. The van der Waals surface area contributed by atoms with E-state index in [1.54, 1.807) is 12.1 Å². The Morgan fingerprint density at radius 3 is 2.57 bits per heavy atom. The number of nitrogens with two attached hydrogens (primary N) is 1. The molecule has 0 saturated heterocycles. The third kappa shape index (κ3) is 1.44. The quantitative estimate of drug-likeness (QED) is 0.628. The number of hydrogen-bond acceptors (Lipinski definition) is 3. The zero-order valence-corrected chi connectivity index (χ0v) is 7.98. The molecule has 1 fully saturated rings. The fraction of sp³-hybridized carbons (Fsp3) is 0.455. The van der Waals surface area contributed by atoms with Crippen LogP contribution in [-0.2, 0) is 0 Å². The molecule has 0 heterocycles. The van der Waals surface area contributed by atoms with Gasteiger partial charge in [0.05, 0.1) is 0 Å². The lowest BCUT2D eigenvalue weighted by Crippen LogP contribution is -2.26. The molecule has 1 aliphatic rings. The van der Waals surface area contributed by atoms with Crippen molar-refractivity contribution in [1.29, 1.82) is 0 Å².